The molecule has 7 nitrogen and oxygen atoms in total. The zero-order chi connectivity index (χ0) is 12.7. The van der Waals surface area contributed by atoms with E-state index in [2.05, 4.69) is 5.32 Å². The third-order valence-electron chi connectivity index (χ3n) is 2.33. The van der Waals surface area contributed by atoms with Crippen molar-refractivity contribution in [3.63, 3.8) is 0 Å². The van der Waals surface area contributed by atoms with Gasteiger partial charge < -0.3 is 19.9 Å². The number of carbonyl (C=O) groups is 2. The molecule has 1 saturated heterocycles. The van der Waals surface area contributed by atoms with Crippen molar-refractivity contribution in [1.82, 2.24) is 10.2 Å². The Morgan fingerprint density at radius 2 is 2.35 bits per heavy atom. The maximum atomic E-state index is 11.7. The monoisotopic (exact) mass is 246 g/mol. The fourth-order valence-electron chi connectivity index (χ4n) is 1.55. The van der Waals surface area contributed by atoms with Gasteiger partial charge in [0.2, 0.25) is 5.91 Å². The highest BCUT2D eigenvalue weighted by molar-refractivity contribution is 5.85. The van der Waals surface area contributed by atoms with Crippen LogP contribution in [0.5, 0.6) is 0 Å². The smallest absolute Gasteiger partial charge is 0.410 e. The van der Waals surface area contributed by atoms with Crippen molar-refractivity contribution in [1.29, 1.82) is 0 Å². The van der Waals surface area contributed by atoms with Gasteiger partial charge in [-0.3, -0.25) is 9.69 Å². The van der Waals surface area contributed by atoms with Crippen LogP contribution in [0.1, 0.15) is 6.92 Å². The Morgan fingerprint density at radius 1 is 1.59 bits per heavy atom. The van der Waals surface area contributed by atoms with Crippen LogP contribution in [0.25, 0.3) is 0 Å². The molecule has 2 N–H and O–H groups in total. The highest BCUT2D eigenvalue weighted by Gasteiger charge is 2.33. The van der Waals surface area contributed by atoms with Crippen molar-refractivity contribution in [2.45, 2.75) is 13.0 Å². The zero-order valence-corrected chi connectivity index (χ0v) is 9.85. The molecule has 0 radical (unpaired) electrons. The van der Waals surface area contributed by atoms with E-state index in [0.29, 0.717) is 19.7 Å². The summed E-state index contributed by atoms with van der Waals surface area (Å²) >= 11 is 0. The lowest BCUT2D eigenvalue weighted by Gasteiger charge is -2.33. The average Bonchev–Trinajstić information content (AvgIpc) is 2.36. The molecule has 0 bridgehead atoms. The molecule has 2 amide bonds. The molecule has 0 aromatic rings. The number of hydrogen-bond acceptors (Lipinski definition) is 5. The summed E-state index contributed by atoms with van der Waals surface area (Å²) in [6.07, 6.45) is -0.599. The zero-order valence-electron chi connectivity index (χ0n) is 9.85. The van der Waals surface area contributed by atoms with Crippen molar-refractivity contribution in [3.8, 4) is 0 Å². The minimum Gasteiger partial charge on any atom is -0.447 e. The number of aliphatic hydroxyl groups excluding tert-OH is 1. The van der Waals surface area contributed by atoms with Crippen LogP contribution in [-0.2, 0) is 14.3 Å². The number of ether oxygens (including phenoxy) is 2. The molecule has 0 saturated carbocycles. The van der Waals surface area contributed by atoms with Crippen LogP contribution in [0.4, 0.5) is 4.79 Å². The highest BCUT2D eigenvalue weighted by atomic mass is 16.6. The molecule has 0 aromatic heterocycles. The number of morpholine rings is 1. The molecule has 1 aliphatic heterocycles. The van der Waals surface area contributed by atoms with Crippen LogP contribution in [0.3, 0.4) is 0 Å². The Kier molecular flexibility index (Phi) is 5.71. The summed E-state index contributed by atoms with van der Waals surface area (Å²) in [6.45, 7) is 2.85. The molecule has 1 rings (SSSR count). The van der Waals surface area contributed by atoms with Crippen LogP contribution < -0.4 is 5.32 Å². The van der Waals surface area contributed by atoms with E-state index in [1.54, 1.807) is 6.92 Å². The van der Waals surface area contributed by atoms with E-state index in [1.807, 2.05) is 0 Å². The van der Waals surface area contributed by atoms with Gasteiger partial charge in [0, 0.05) is 13.1 Å². The molecular weight excluding hydrogens is 228 g/mol. The summed E-state index contributed by atoms with van der Waals surface area (Å²) in [5.74, 6) is -0.256. The summed E-state index contributed by atoms with van der Waals surface area (Å²) in [5, 5.41) is 11.2. The lowest BCUT2D eigenvalue weighted by molar-refractivity contribution is -0.131. The van der Waals surface area contributed by atoms with Gasteiger partial charge >= 0.3 is 6.09 Å². The number of nitrogens with one attached hydrogen (secondary N) is 1. The van der Waals surface area contributed by atoms with Crippen molar-refractivity contribution in [2.75, 3.05) is 39.5 Å². The molecule has 1 atom stereocenters. The first-order valence-electron chi connectivity index (χ1n) is 5.60. The Balaban J connectivity index is 2.58. The molecule has 1 aliphatic rings. The van der Waals surface area contributed by atoms with E-state index >= 15 is 0 Å². The van der Waals surface area contributed by atoms with E-state index in [0.717, 1.165) is 0 Å². The van der Waals surface area contributed by atoms with E-state index in [-0.39, 0.29) is 25.7 Å². The number of amides is 2. The van der Waals surface area contributed by atoms with Crippen LogP contribution in [0, 0.1) is 0 Å². The second-order valence-electron chi connectivity index (χ2n) is 3.52. The average molecular weight is 246 g/mol. The minimum atomic E-state index is -0.658. The largest absolute Gasteiger partial charge is 0.447 e. The third kappa shape index (κ3) is 3.86. The number of aliphatic hydroxyl groups is 1. The van der Waals surface area contributed by atoms with Gasteiger partial charge in [0.15, 0.2) is 0 Å². The highest BCUT2D eigenvalue weighted by Crippen LogP contribution is 2.09. The van der Waals surface area contributed by atoms with Gasteiger partial charge in [-0.2, -0.15) is 0 Å². The summed E-state index contributed by atoms with van der Waals surface area (Å²) in [7, 11) is 0. The quantitative estimate of drug-likeness (QED) is 0.661. The Hall–Kier alpha value is -1.34. The summed E-state index contributed by atoms with van der Waals surface area (Å²) in [6, 6.07) is -0.658. The first-order chi connectivity index (χ1) is 8.20. The van der Waals surface area contributed by atoms with Gasteiger partial charge in [0.1, 0.15) is 12.6 Å². The predicted molar refractivity (Wildman–Crippen MR) is 58.4 cm³/mol. The molecule has 17 heavy (non-hydrogen) atoms. The molecule has 98 valence electrons. The van der Waals surface area contributed by atoms with Gasteiger partial charge in [-0.15, -0.1) is 0 Å². The standard InChI is InChI=1S/C10H18N2O5/c1-2-11-9(14)8-7-16-5-3-12(8)10(15)17-6-4-13/h8,13H,2-7H2,1H3,(H,11,14). The van der Waals surface area contributed by atoms with Crippen molar-refractivity contribution < 1.29 is 24.2 Å². The van der Waals surface area contributed by atoms with E-state index < -0.39 is 12.1 Å². The maximum absolute atomic E-state index is 11.7. The Bertz CT molecular complexity index is 271. The number of rotatable bonds is 4. The fourth-order valence-corrected chi connectivity index (χ4v) is 1.55. The van der Waals surface area contributed by atoms with Gasteiger partial charge in [-0.25, -0.2) is 4.79 Å². The number of likely N-dealkylation sites (N-methyl/N-ethyl adjacent to an activating group) is 1. The normalized spacial score (nSPS) is 19.9. The van der Waals surface area contributed by atoms with Crippen LogP contribution >= 0.6 is 0 Å². The fraction of sp³-hybridized carbons (Fsp3) is 0.800. The van der Waals surface area contributed by atoms with E-state index in [9.17, 15) is 9.59 Å². The third-order valence-corrected chi connectivity index (χ3v) is 2.33. The molecule has 0 aromatic carbocycles. The lowest BCUT2D eigenvalue weighted by atomic mass is 10.2. The molecule has 1 unspecified atom stereocenters. The molecule has 0 aliphatic carbocycles. The molecule has 7 heteroatoms. The van der Waals surface area contributed by atoms with Crippen LogP contribution in [-0.4, -0.2) is 67.6 Å². The maximum Gasteiger partial charge on any atom is 0.410 e. The lowest BCUT2D eigenvalue weighted by Crippen LogP contribution is -2.56. The topological polar surface area (TPSA) is 88.1 Å². The number of carbonyl (C=O) groups excluding carboxylic acids is 2. The van der Waals surface area contributed by atoms with Gasteiger partial charge in [-0.05, 0) is 6.92 Å². The first-order valence-corrected chi connectivity index (χ1v) is 5.60. The minimum absolute atomic E-state index is 0.0711. The molecule has 1 heterocycles. The SMILES string of the molecule is CCNC(=O)C1COCCN1C(=O)OCCO. The van der Waals surface area contributed by atoms with Crippen molar-refractivity contribution in [2.24, 2.45) is 0 Å². The Morgan fingerprint density at radius 3 is 3.00 bits per heavy atom. The molecule has 0 spiro atoms. The van der Waals surface area contributed by atoms with E-state index in [4.69, 9.17) is 14.6 Å². The van der Waals surface area contributed by atoms with Crippen molar-refractivity contribution >= 4 is 12.0 Å². The predicted octanol–water partition coefficient (Wildman–Crippen LogP) is -1.05. The molecule has 1 fully saturated rings. The number of nitrogens with zero attached hydrogens (tertiary/aromatic N) is 1. The van der Waals surface area contributed by atoms with Gasteiger partial charge in [-0.1, -0.05) is 0 Å². The summed E-state index contributed by atoms with van der Waals surface area (Å²) < 4.78 is 9.97. The van der Waals surface area contributed by atoms with Gasteiger partial charge in [0.25, 0.3) is 0 Å². The molecular formula is C10H18N2O5. The first kappa shape index (κ1) is 13.7. The van der Waals surface area contributed by atoms with Crippen LogP contribution in [0.15, 0.2) is 0 Å². The summed E-state index contributed by atoms with van der Waals surface area (Å²) in [4.78, 5) is 24.7. The second-order valence-corrected chi connectivity index (χ2v) is 3.52. The number of hydrogen-bond donors (Lipinski definition) is 2. The van der Waals surface area contributed by atoms with E-state index in [1.165, 1.54) is 4.90 Å². The van der Waals surface area contributed by atoms with Gasteiger partial charge in [0.05, 0.1) is 19.8 Å². The Labute approximate surface area is 99.7 Å². The van der Waals surface area contributed by atoms with Crippen LogP contribution in [0.2, 0.25) is 0 Å². The summed E-state index contributed by atoms with van der Waals surface area (Å²) in [5.41, 5.74) is 0. The second kappa shape index (κ2) is 7.08. The van der Waals surface area contributed by atoms with Crippen molar-refractivity contribution in [3.05, 3.63) is 0 Å².